The highest BCUT2D eigenvalue weighted by atomic mass is 19.3. The lowest BCUT2D eigenvalue weighted by Crippen LogP contribution is -2.52. The number of rotatable bonds is 6. The average molecular weight is 444 g/mol. The molecule has 6 nitrogen and oxygen atoms in total. The van der Waals surface area contributed by atoms with Crippen LogP contribution in [-0.2, 0) is 27.5 Å². The van der Waals surface area contributed by atoms with Gasteiger partial charge in [0.05, 0.1) is 5.41 Å². The first-order valence-electron chi connectivity index (χ1n) is 10.8. The van der Waals surface area contributed by atoms with Crippen LogP contribution in [0.1, 0.15) is 44.7 Å². The van der Waals surface area contributed by atoms with Crippen molar-refractivity contribution in [1.82, 2.24) is 4.90 Å². The van der Waals surface area contributed by atoms with E-state index in [0.29, 0.717) is 31.7 Å². The third-order valence-corrected chi connectivity index (χ3v) is 5.47. The fourth-order valence-electron chi connectivity index (χ4n) is 3.97. The number of hydrogen-bond donors (Lipinski definition) is 0. The summed E-state index contributed by atoms with van der Waals surface area (Å²) in [7, 11) is 0. The second-order valence-electron chi connectivity index (χ2n) is 9.21. The lowest BCUT2D eigenvalue weighted by molar-refractivity contribution is -0.200. The highest BCUT2D eigenvalue weighted by Gasteiger charge is 2.47. The minimum absolute atomic E-state index is 0.0116. The standard InChI is InChI=1S/C25H30FNO5/c1-24(2,3)31-23(29)27-15-9-14-25(18-27,22(28)32-26)16-20-12-7-8-13-21(20)30-17-19-10-5-4-6-11-19/h4-8,10-13H,9,14-18H2,1-3H3. The van der Waals surface area contributed by atoms with Crippen molar-refractivity contribution in [3.63, 3.8) is 0 Å². The number of hydrogen-bond acceptors (Lipinski definition) is 5. The highest BCUT2D eigenvalue weighted by molar-refractivity contribution is 5.79. The van der Waals surface area contributed by atoms with Crippen molar-refractivity contribution in [2.75, 3.05) is 13.1 Å². The van der Waals surface area contributed by atoms with Gasteiger partial charge in [-0.2, -0.15) is 0 Å². The Bertz CT molecular complexity index is 927. The largest absolute Gasteiger partial charge is 0.489 e. The van der Waals surface area contributed by atoms with Gasteiger partial charge in [-0.05, 0) is 57.2 Å². The summed E-state index contributed by atoms with van der Waals surface area (Å²) in [4.78, 5) is 30.4. The topological polar surface area (TPSA) is 65.1 Å². The molecule has 7 heteroatoms. The number of likely N-dealkylation sites (tertiary alicyclic amines) is 1. The molecule has 1 unspecified atom stereocenters. The SMILES string of the molecule is CC(C)(C)OC(=O)N1CCCC(Cc2ccccc2OCc2ccccc2)(C(=O)OF)C1. The fraction of sp³-hybridized carbons (Fsp3) is 0.440. The molecule has 2 aromatic rings. The quantitative estimate of drug-likeness (QED) is 0.610. The predicted molar refractivity (Wildman–Crippen MR) is 118 cm³/mol. The lowest BCUT2D eigenvalue weighted by Gasteiger charge is -2.40. The number of ether oxygens (including phenoxy) is 2. The maximum absolute atomic E-state index is 13.2. The maximum atomic E-state index is 13.2. The van der Waals surface area contributed by atoms with Crippen molar-refractivity contribution in [3.8, 4) is 5.75 Å². The Balaban J connectivity index is 1.81. The van der Waals surface area contributed by atoms with Crippen molar-refractivity contribution in [3.05, 3.63) is 65.7 Å². The average Bonchev–Trinajstić information content (AvgIpc) is 2.77. The number of piperidine rings is 1. The van der Waals surface area contributed by atoms with Crippen LogP contribution in [0.5, 0.6) is 5.75 Å². The van der Waals surface area contributed by atoms with E-state index in [2.05, 4.69) is 4.94 Å². The van der Waals surface area contributed by atoms with Crippen LogP contribution in [0.3, 0.4) is 0 Å². The monoisotopic (exact) mass is 443 g/mol. The van der Waals surface area contributed by atoms with Gasteiger partial charge in [0.2, 0.25) is 0 Å². The summed E-state index contributed by atoms with van der Waals surface area (Å²) in [6.07, 6.45) is 0.575. The predicted octanol–water partition coefficient (Wildman–Crippen LogP) is 5.25. The second-order valence-corrected chi connectivity index (χ2v) is 9.21. The number of nitrogens with zero attached hydrogens (tertiary/aromatic N) is 1. The molecule has 1 saturated heterocycles. The number of halogens is 1. The smallest absolute Gasteiger partial charge is 0.410 e. The summed E-state index contributed by atoms with van der Waals surface area (Å²) in [6.45, 7) is 6.14. The molecule has 1 amide bonds. The molecule has 0 bridgehead atoms. The van der Waals surface area contributed by atoms with Gasteiger partial charge in [0.1, 0.15) is 18.0 Å². The van der Waals surface area contributed by atoms with Gasteiger partial charge in [-0.25, -0.2) is 9.59 Å². The Morgan fingerprint density at radius 3 is 2.44 bits per heavy atom. The fourth-order valence-corrected chi connectivity index (χ4v) is 3.97. The van der Waals surface area contributed by atoms with E-state index in [4.69, 9.17) is 9.47 Å². The molecule has 0 aliphatic carbocycles. The number of para-hydroxylation sites is 1. The second kappa shape index (κ2) is 10.0. The summed E-state index contributed by atoms with van der Waals surface area (Å²) in [5.41, 5.74) is -0.139. The van der Waals surface area contributed by atoms with Crippen molar-refractivity contribution < 1.29 is 28.5 Å². The summed E-state index contributed by atoms with van der Waals surface area (Å²) in [5, 5.41) is 0. The normalized spacial score (nSPS) is 18.7. The van der Waals surface area contributed by atoms with Crippen molar-refractivity contribution in [2.24, 2.45) is 5.41 Å². The molecular weight excluding hydrogens is 413 g/mol. The number of amides is 1. The zero-order chi connectivity index (χ0) is 23.2. The molecule has 1 atom stereocenters. The minimum atomic E-state index is -1.23. The minimum Gasteiger partial charge on any atom is -0.489 e. The van der Waals surface area contributed by atoms with Crippen LogP contribution < -0.4 is 4.74 Å². The first kappa shape index (κ1) is 23.6. The Labute approximate surface area is 188 Å². The lowest BCUT2D eigenvalue weighted by atomic mass is 9.75. The molecule has 0 N–H and O–H groups in total. The van der Waals surface area contributed by atoms with Crippen LogP contribution in [0.25, 0.3) is 0 Å². The third kappa shape index (κ3) is 5.99. The first-order valence-corrected chi connectivity index (χ1v) is 10.8. The van der Waals surface area contributed by atoms with Crippen LogP contribution in [0, 0.1) is 5.41 Å². The third-order valence-electron chi connectivity index (χ3n) is 5.47. The van der Waals surface area contributed by atoms with E-state index in [1.54, 1.807) is 20.8 Å². The van der Waals surface area contributed by atoms with Crippen molar-refractivity contribution >= 4 is 12.1 Å². The molecule has 0 aromatic heterocycles. The van der Waals surface area contributed by atoms with Gasteiger partial charge in [-0.3, -0.25) is 4.94 Å². The van der Waals surface area contributed by atoms with Gasteiger partial charge in [0.15, 0.2) is 0 Å². The number of carbonyl (C=O) groups excluding carboxylic acids is 2. The van der Waals surface area contributed by atoms with Gasteiger partial charge in [0, 0.05) is 17.6 Å². The summed E-state index contributed by atoms with van der Waals surface area (Å²) in [5.74, 6) is -0.375. The van der Waals surface area contributed by atoms with Gasteiger partial charge >= 0.3 is 12.1 Å². The van der Waals surface area contributed by atoms with E-state index < -0.39 is 23.1 Å². The Hall–Kier alpha value is -3.09. The van der Waals surface area contributed by atoms with Gasteiger partial charge in [-0.1, -0.05) is 48.5 Å². The Kier molecular flexibility index (Phi) is 7.38. The number of benzene rings is 2. The van der Waals surface area contributed by atoms with E-state index in [-0.39, 0.29) is 13.0 Å². The van der Waals surface area contributed by atoms with Crippen LogP contribution in [-0.4, -0.2) is 35.7 Å². The van der Waals surface area contributed by atoms with Crippen LogP contribution in [0.2, 0.25) is 0 Å². The van der Waals surface area contributed by atoms with Crippen molar-refractivity contribution in [2.45, 2.75) is 52.2 Å². The molecule has 0 spiro atoms. The summed E-state index contributed by atoms with van der Waals surface area (Å²) < 4.78 is 24.6. The van der Waals surface area contributed by atoms with E-state index in [1.165, 1.54) is 4.90 Å². The molecule has 1 aliphatic rings. The zero-order valence-electron chi connectivity index (χ0n) is 18.8. The van der Waals surface area contributed by atoms with E-state index >= 15 is 0 Å². The van der Waals surface area contributed by atoms with Crippen molar-refractivity contribution in [1.29, 1.82) is 0 Å². The van der Waals surface area contributed by atoms with Crippen LogP contribution in [0.4, 0.5) is 9.32 Å². The summed E-state index contributed by atoms with van der Waals surface area (Å²) in [6, 6.07) is 17.1. The first-order chi connectivity index (χ1) is 15.2. The molecule has 1 aliphatic heterocycles. The van der Waals surface area contributed by atoms with E-state index in [9.17, 15) is 14.1 Å². The molecular formula is C25H30FNO5. The molecule has 1 heterocycles. The summed E-state index contributed by atoms with van der Waals surface area (Å²) >= 11 is 0. The van der Waals surface area contributed by atoms with Crippen LogP contribution >= 0.6 is 0 Å². The highest BCUT2D eigenvalue weighted by Crippen LogP contribution is 2.38. The van der Waals surface area contributed by atoms with E-state index in [1.807, 2.05) is 54.6 Å². The molecule has 32 heavy (non-hydrogen) atoms. The van der Waals surface area contributed by atoms with Gasteiger partial charge < -0.3 is 14.4 Å². The molecule has 172 valence electrons. The molecule has 0 radical (unpaired) electrons. The maximum Gasteiger partial charge on any atom is 0.410 e. The molecule has 2 aromatic carbocycles. The molecule has 3 rings (SSSR count). The Morgan fingerprint density at radius 1 is 1.06 bits per heavy atom. The van der Waals surface area contributed by atoms with Gasteiger partial charge in [0.25, 0.3) is 0 Å². The molecule has 1 fully saturated rings. The van der Waals surface area contributed by atoms with Crippen LogP contribution in [0.15, 0.2) is 54.6 Å². The molecule has 0 saturated carbocycles. The Morgan fingerprint density at radius 2 is 1.75 bits per heavy atom. The van der Waals surface area contributed by atoms with E-state index in [0.717, 1.165) is 11.1 Å². The van der Waals surface area contributed by atoms with Gasteiger partial charge in [-0.15, -0.1) is 0 Å². The zero-order valence-corrected chi connectivity index (χ0v) is 18.8. The number of carbonyl (C=O) groups is 2.